The van der Waals surface area contributed by atoms with Crippen LogP contribution in [0.25, 0.3) is 0 Å². The van der Waals surface area contributed by atoms with Gasteiger partial charge in [0.25, 0.3) is 5.91 Å². The Hall–Kier alpha value is -2.57. The van der Waals surface area contributed by atoms with Gasteiger partial charge in [0.15, 0.2) is 0 Å². The topological polar surface area (TPSA) is 102 Å². The first-order valence-corrected chi connectivity index (χ1v) is 7.76. The fraction of sp³-hybridized carbons (Fsp3) is 0.471. The lowest BCUT2D eigenvalue weighted by atomic mass is 9.85. The van der Waals surface area contributed by atoms with Crippen molar-refractivity contribution in [2.75, 3.05) is 14.2 Å². The standard InChI is InChI=1S/C17H21NO6/c1-23-16(21)10-4-3-5-12(8-10)18-15(20)13-9-11(17(22)24-2)6-7-14(13)19/h6-7,9-10,12,19H,3-5,8H2,1-2H3,(H,18,20)/t10-,12+/m0/s1. The highest BCUT2D eigenvalue weighted by molar-refractivity contribution is 6.00. The molecule has 0 radical (unpaired) electrons. The summed E-state index contributed by atoms with van der Waals surface area (Å²) in [5.41, 5.74) is 0.176. The van der Waals surface area contributed by atoms with Gasteiger partial charge in [0, 0.05) is 6.04 Å². The molecule has 24 heavy (non-hydrogen) atoms. The minimum absolute atomic E-state index is 0.00177. The third kappa shape index (κ3) is 4.04. The Kier molecular flexibility index (Phi) is 5.78. The van der Waals surface area contributed by atoms with Crippen molar-refractivity contribution in [2.24, 2.45) is 5.92 Å². The van der Waals surface area contributed by atoms with Gasteiger partial charge in [-0.3, -0.25) is 9.59 Å². The molecule has 0 saturated heterocycles. The minimum atomic E-state index is -0.590. The molecule has 0 aliphatic heterocycles. The van der Waals surface area contributed by atoms with Crippen LogP contribution in [-0.2, 0) is 14.3 Å². The van der Waals surface area contributed by atoms with E-state index in [9.17, 15) is 19.5 Å². The maximum Gasteiger partial charge on any atom is 0.337 e. The third-order valence-corrected chi connectivity index (χ3v) is 4.21. The van der Waals surface area contributed by atoms with E-state index in [4.69, 9.17) is 4.74 Å². The first kappa shape index (κ1) is 17.8. The number of ether oxygens (including phenoxy) is 2. The van der Waals surface area contributed by atoms with Gasteiger partial charge in [-0.2, -0.15) is 0 Å². The molecule has 1 aromatic carbocycles. The van der Waals surface area contributed by atoms with E-state index in [1.54, 1.807) is 0 Å². The highest BCUT2D eigenvalue weighted by Crippen LogP contribution is 2.26. The number of amides is 1. The quantitative estimate of drug-likeness (QED) is 0.811. The molecule has 7 nitrogen and oxygen atoms in total. The molecule has 130 valence electrons. The molecule has 0 unspecified atom stereocenters. The Morgan fingerprint density at radius 3 is 2.58 bits per heavy atom. The van der Waals surface area contributed by atoms with Crippen molar-refractivity contribution in [2.45, 2.75) is 31.7 Å². The van der Waals surface area contributed by atoms with Crippen molar-refractivity contribution in [3.05, 3.63) is 29.3 Å². The average Bonchev–Trinajstić information content (AvgIpc) is 2.60. The van der Waals surface area contributed by atoms with E-state index < -0.39 is 11.9 Å². The first-order valence-electron chi connectivity index (χ1n) is 7.76. The molecular formula is C17H21NO6. The number of carbonyl (C=O) groups is 3. The van der Waals surface area contributed by atoms with Crippen LogP contribution < -0.4 is 5.32 Å². The second-order valence-corrected chi connectivity index (χ2v) is 5.78. The average molecular weight is 335 g/mol. The number of esters is 2. The molecule has 2 N–H and O–H groups in total. The lowest BCUT2D eigenvalue weighted by Gasteiger charge is -2.28. The molecule has 0 heterocycles. The molecule has 2 rings (SSSR count). The molecule has 0 spiro atoms. The Morgan fingerprint density at radius 2 is 1.92 bits per heavy atom. The van der Waals surface area contributed by atoms with Gasteiger partial charge in [0.1, 0.15) is 5.75 Å². The fourth-order valence-electron chi connectivity index (χ4n) is 2.93. The molecule has 1 aliphatic carbocycles. The van der Waals surface area contributed by atoms with E-state index in [2.05, 4.69) is 10.1 Å². The van der Waals surface area contributed by atoms with Crippen LogP contribution in [0.4, 0.5) is 0 Å². The lowest BCUT2D eigenvalue weighted by molar-refractivity contribution is -0.146. The second-order valence-electron chi connectivity index (χ2n) is 5.78. The highest BCUT2D eigenvalue weighted by atomic mass is 16.5. The fourth-order valence-corrected chi connectivity index (χ4v) is 2.93. The van der Waals surface area contributed by atoms with Crippen LogP contribution in [-0.4, -0.2) is 43.2 Å². The van der Waals surface area contributed by atoms with Gasteiger partial charge in [-0.25, -0.2) is 4.79 Å². The van der Waals surface area contributed by atoms with Crippen LogP contribution in [0, 0.1) is 5.92 Å². The number of hydrogen-bond donors (Lipinski definition) is 2. The number of methoxy groups -OCH3 is 2. The SMILES string of the molecule is COC(=O)c1ccc(O)c(C(=O)N[C@@H]2CCC[C@H](C(=O)OC)C2)c1. The van der Waals surface area contributed by atoms with Crippen LogP contribution in [0.3, 0.4) is 0 Å². The third-order valence-electron chi connectivity index (χ3n) is 4.21. The number of carbonyl (C=O) groups excluding carboxylic acids is 3. The number of nitrogens with one attached hydrogen (secondary N) is 1. The van der Waals surface area contributed by atoms with Gasteiger partial charge in [-0.05, 0) is 37.5 Å². The van der Waals surface area contributed by atoms with Crippen LogP contribution in [0.15, 0.2) is 18.2 Å². The Bertz CT molecular complexity index is 642. The van der Waals surface area contributed by atoms with E-state index >= 15 is 0 Å². The summed E-state index contributed by atoms with van der Waals surface area (Å²) in [6.07, 6.45) is 2.79. The summed E-state index contributed by atoms with van der Waals surface area (Å²) in [7, 11) is 2.59. The predicted octanol–water partition coefficient (Wildman–Crippen LogP) is 1.64. The van der Waals surface area contributed by atoms with E-state index in [1.165, 1.54) is 32.4 Å². The van der Waals surface area contributed by atoms with Gasteiger partial charge >= 0.3 is 11.9 Å². The van der Waals surface area contributed by atoms with Crippen molar-refractivity contribution in [1.29, 1.82) is 0 Å². The van der Waals surface area contributed by atoms with Gasteiger partial charge in [-0.15, -0.1) is 0 Å². The van der Waals surface area contributed by atoms with Gasteiger partial charge in [-0.1, -0.05) is 6.42 Å². The van der Waals surface area contributed by atoms with E-state index in [1.807, 2.05) is 0 Å². The van der Waals surface area contributed by atoms with Gasteiger partial charge in [0.05, 0.1) is 31.3 Å². The Labute approximate surface area is 139 Å². The maximum absolute atomic E-state index is 12.4. The molecule has 2 atom stereocenters. The van der Waals surface area contributed by atoms with Gasteiger partial charge < -0.3 is 19.9 Å². The Morgan fingerprint density at radius 1 is 1.17 bits per heavy atom. The van der Waals surface area contributed by atoms with Crippen molar-refractivity contribution in [1.82, 2.24) is 5.32 Å². The van der Waals surface area contributed by atoms with Crippen molar-refractivity contribution < 1.29 is 29.0 Å². The largest absolute Gasteiger partial charge is 0.507 e. The van der Waals surface area contributed by atoms with E-state index in [0.29, 0.717) is 6.42 Å². The van der Waals surface area contributed by atoms with Crippen LogP contribution in [0.2, 0.25) is 0 Å². The number of phenolic OH excluding ortho intramolecular Hbond substituents is 1. The number of hydrogen-bond acceptors (Lipinski definition) is 6. The summed E-state index contributed by atoms with van der Waals surface area (Å²) in [5, 5.41) is 12.7. The van der Waals surface area contributed by atoms with Gasteiger partial charge in [0.2, 0.25) is 0 Å². The van der Waals surface area contributed by atoms with E-state index in [-0.39, 0.29) is 34.8 Å². The number of phenols is 1. The summed E-state index contributed by atoms with van der Waals surface area (Å²) in [5.74, 6) is -1.81. The molecule has 1 saturated carbocycles. The molecular weight excluding hydrogens is 314 g/mol. The highest BCUT2D eigenvalue weighted by Gasteiger charge is 2.29. The molecule has 0 aromatic heterocycles. The van der Waals surface area contributed by atoms with Crippen LogP contribution in [0.1, 0.15) is 46.4 Å². The number of aromatic hydroxyl groups is 1. The minimum Gasteiger partial charge on any atom is -0.507 e. The first-order chi connectivity index (χ1) is 11.5. The summed E-state index contributed by atoms with van der Waals surface area (Å²) in [4.78, 5) is 35.6. The summed E-state index contributed by atoms with van der Waals surface area (Å²) < 4.78 is 9.37. The van der Waals surface area contributed by atoms with E-state index in [0.717, 1.165) is 19.3 Å². The molecule has 1 aromatic rings. The zero-order chi connectivity index (χ0) is 17.7. The lowest BCUT2D eigenvalue weighted by Crippen LogP contribution is -2.40. The number of rotatable bonds is 4. The normalized spacial score (nSPS) is 20.1. The summed E-state index contributed by atoms with van der Waals surface area (Å²) in [6, 6.07) is 3.76. The molecule has 0 bridgehead atoms. The van der Waals surface area contributed by atoms with Crippen LogP contribution in [0.5, 0.6) is 5.75 Å². The van der Waals surface area contributed by atoms with Crippen molar-refractivity contribution in [3.63, 3.8) is 0 Å². The van der Waals surface area contributed by atoms with Crippen molar-refractivity contribution >= 4 is 17.8 Å². The Balaban J connectivity index is 2.09. The maximum atomic E-state index is 12.4. The number of benzene rings is 1. The monoisotopic (exact) mass is 335 g/mol. The smallest absolute Gasteiger partial charge is 0.337 e. The molecule has 7 heteroatoms. The molecule has 1 amide bonds. The summed E-state index contributed by atoms with van der Waals surface area (Å²) in [6.45, 7) is 0. The van der Waals surface area contributed by atoms with Crippen LogP contribution >= 0.6 is 0 Å². The zero-order valence-corrected chi connectivity index (χ0v) is 13.7. The molecule has 1 aliphatic rings. The molecule has 1 fully saturated rings. The van der Waals surface area contributed by atoms with Crippen molar-refractivity contribution in [3.8, 4) is 5.75 Å². The zero-order valence-electron chi connectivity index (χ0n) is 13.7. The predicted molar refractivity (Wildman–Crippen MR) is 84.7 cm³/mol. The summed E-state index contributed by atoms with van der Waals surface area (Å²) >= 11 is 0. The second kappa shape index (κ2) is 7.81.